The largest absolute Gasteiger partial charge is 0.393 e. The van der Waals surface area contributed by atoms with Gasteiger partial charge in [0.05, 0.1) is 6.10 Å². The van der Waals surface area contributed by atoms with Crippen molar-refractivity contribution in [2.45, 2.75) is 25.5 Å². The Morgan fingerprint density at radius 2 is 1.91 bits per heavy atom. The number of hydrogen-bond acceptors (Lipinski definition) is 1. The molecule has 11 heavy (non-hydrogen) atoms. The summed E-state index contributed by atoms with van der Waals surface area (Å²) in [6.45, 7) is 1.07. The first kappa shape index (κ1) is 6.92. The minimum atomic E-state index is -0.0180. The van der Waals surface area contributed by atoms with Crippen molar-refractivity contribution in [2.24, 2.45) is 5.92 Å². The zero-order valence-corrected chi connectivity index (χ0v) is 6.48. The molecule has 0 aliphatic heterocycles. The molecular formula is C9H13NO. The number of aliphatic hydroxyl groups excluding tert-OH is 1. The molecule has 0 bridgehead atoms. The average molecular weight is 151 g/mol. The van der Waals surface area contributed by atoms with E-state index >= 15 is 0 Å². The van der Waals surface area contributed by atoms with Crippen LogP contribution in [-0.2, 0) is 6.54 Å². The third kappa shape index (κ3) is 1.46. The van der Waals surface area contributed by atoms with E-state index in [0.717, 1.165) is 19.4 Å². The smallest absolute Gasteiger partial charge is 0.0546 e. The molecule has 2 nitrogen and oxygen atoms in total. The van der Waals surface area contributed by atoms with E-state index in [4.69, 9.17) is 5.11 Å². The Labute approximate surface area is 66.5 Å². The summed E-state index contributed by atoms with van der Waals surface area (Å²) in [5.74, 6) is 0.706. The molecule has 2 rings (SSSR count). The van der Waals surface area contributed by atoms with Gasteiger partial charge in [0.25, 0.3) is 0 Å². The molecule has 0 aromatic carbocycles. The van der Waals surface area contributed by atoms with E-state index in [9.17, 15) is 0 Å². The van der Waals surface area contributed by atoms with Crippen molar-refractivity contribution in [3.63, 3.8) is 0 Å². The third-order valence-corrected chi connectivity index (χ3v) is 2.35. The van der Waals surface area contributed by atoms with Crippen molar-refractivity contribution < 1.29 is 5.11 Å². The Bertz CT molecular complexity index is 211. The van der Waals surface area contributed by atoms with E-state index in [2.05, 4.69) is 17.0 Å². The molecule has 0 saturated heterocycles. The summed E-state index contributed by atoms with van der Waals surface area (Å²) in [6.07, 6.45) is 6.10. The molecule has 1 fully saturated rings. The number of aliphatic hydroxyl groups is 1. The van der Waals surface area contributed by atoms with E-state index in [-0.39, 0.29) is 6.10 Å². The minimum absolute atomic E-state index is 0.0180. The number of hydrogen-bond donors (Lipinski definition) is 1. The van der Waals surface area contributed by atoms with Crippen LogP contribution in [0.3, 0.4) is 0 Å². The average Bonchev–Trinajstić information content (AvgIpc) is 2.36. The zero-order valence-electron chi connectivity index (χ0n) is 6.48. The van der Waals surface area contributed by atoms with Gasteiger partial charge in [0.2, 0.25) is 0 Å². The predicted molar refractivity (Wildman–Crippen MR) is 43.2 cm³/mol. The monoisotopic (exact) mass is 151 g/mol. The highest BCUT2D eigenvalue weighted by atomic mass is 16.3. The number of aromatic nitrogens is 1. The molecule has 0 atom stereocenters. The summed E-state index contributed by atoms with van der Waals surface area (Å²) in [5, 5.41) is 9.04. The topological polar surface area (TPSA) is 25.2 Å². The lowest BCUT2D eigenvalue weighted by molar-refractivity contribution is 0.0353. The number of nitrogens with zero attached hydrogens (tertiary/aromatic N) is 1. The van der Waals surface area contributed by atoms with Crippen LogP contribution < -0.4 is 0 Å². The molecule has 2 heteroatoms. The van der Waals surface area contributed by atoms with Gasteiger partial charge in [0, 0.05) is 18.9 Å². The van der Waals surface area contributed by atoms with Crippen molar-refractivity contribution in [2.75, 3.05) is 0 Å². The van der Waals surface area contributed by atoms with Crippen molar-refractivity contribution >= 4 is 0 Å². The second kappa shape index (κ2) is 2.70. The lowest BCUT2D eigenvalue weighted by atomic mass is 9.82. The lowest BCUT2D eigenvalue weighted by Gasteiger charge is -2.31. The first-order valence-electron chi connectivity index (χ1n) is 4.13. The van der Waals surface area contributed by atoms with Gasteiger partial charge in [-0.05, 0) is 30.9 Å². The SMILES string of the molecule is OC1CC(Cn2cccc2)C1. The van der Waals surface area contributed by atoms with Gasteiger partial charge in [-0.2, -0.15) is 0 Å². The minimum Gasteiger partial charge on any atom is -0.393 e. The third-order valence-electron chi connectivity index (χ3n) is 2.35. The summed E-state index contributed by atoms with van der Waals surface area (Å²) in [7, 11) is 0. The maximum atomic E-state index is 9.04. The second-order valence-electron chi connectivity index (χ2n) is 3.37. The van der Waals surface area contributed by atoms with Crippen LogP contribution in [0.5, 0.6) is 0 Å². The number of rotatable bonds is 2. The van der Waals surface area contributed by atoms with Crippen LogP contribution in [0.15, 0.2) is 24.5 Å². The van der Waals surface area contributed by atoms with E-state index < -0.39 is 0 Å². The van der Waals surface area contributed by atoms with Crippen LogP contribution in [0.4, 0.5) is 0 Å². The standard InChI is InChI=1S/C9H13NO/c11-9-5-8(6-9)7-10-3-1-2-4-10/h1-4,8-9,11H,5-7H2. The molecule has 0 radical (unpaired) electrons. The van der Waals surface area contributed by atoms with Crippen LogP contribution in [0.1, 0.15) is 12.8 Å². The van der Waals surface area contributed by atoms with Gasteiger partial charge >= 0.3 is 0 Å². The summed E-state index contributed by atoms with van der Waals surface area (Å²) in [6, 6.07) is 4.07. The maximum absolute atomic E-state index is 9.04. The fourth-order valence-corrected chi connectivity index (χ4v) is 1.64. The summed E-state index contributed by atoms with van der Waals surface area (Å²) in [5.41, 5.74) is 0. The molecule has 1 aliphatic rings. The summed E-state index contributed by atoms with van der Waals surface area (Å²) < 4.78 is 2.18. The van der Waals surface area contributed by atoms with E-state index in [1.165, 1.54) is 0 Å². The summed E-state index contributed by atoms with van der Waals surface area (Å²) >= 11 is 0. The molecule has 0 unspecified atom stereocenters. The van der Waals surface area contributed by atoms with Crippen molar-refractivity contribution in [3.8, 4) is 0 Å². The molecule has 1 aliphatic carbocycles. The fourth-order valence-electron chi connectivity index (χ4n) is 1.64. The second-order valence-corrected chi connectivity index (χ2v) is 3.37. The van der Waals surface area contributed by atoms with Gasteiger partial charge in [-0.1, -0.05) is 0 Å². The zero-order chi connectivity index (χ0) is 7.68. The Kier molecular flexibility index (Phi) is 1.70. The van der Waals surface area contributed by atoms with E-state index in [1.54, 1.807) is 0 Å². The fraction of sp³-hybridized carbons (Fsp3) is 0.556. The van der Waals surface area contributed by atoms with Gasteiger partial charge in [0.15, 0.2) is 0 Å². The highest BCUT2D eigenvalue weighted by molar-refractivity contribution is 4.92. The molecular weight excluding hydrogens is 138 g/mol. The Hall–Kier alpha value is -0.760. The molecule has 1 aromatic heterocycles. The highest BCUT2D eigenvalue weighted by Crippen LogP contribution is 2.28. The van der Waals surface area contributed by atoms with Gasteiger partial charge in [-0.15, -0.1) is 0 Å². The van der Waals surface area contributed by atoms with Gasteiger partial charge in [-0.3, -0.25) is 0 Å². The lowest BCUT2D eigenvalue weighted by Crippen LogP contribution is -2.31. The first-order valence-corrected chi connectivity index (χ1v) is 4.13. The van der Waals surface area contributed by atoms with E-state index in [1.807, 2.05) is 12.1 Å². The normalized spacial score (nSPS) is 29.9. The Morgan fingerprint density at radius 1 is 1.27 bits per heavy atom. The van der Waals surface area contributed by atoms with Crippen molar-refractivity contribution in [3.05, 3.63) is 24.5 Å². The molecule has 1 N–H and O–H groups in total. The van der Waals surface area contributed by atoms with Crippen molar-refractivity contribution in [1.29, 1.82) is 0 Å². The molecule has 1 saturated carbocycles. The molecule has 1 aromatic rings. The van der Waals surface area contributed by atoms with Gasteiger partial charge in [-0.25, -0.2) is 0 Å². The van der Waals surface area contributed by atoms with Gasteiger partial charge < -0.3 is 9.67 Å². The molecule has 0 amide bonds. The molecule has 60 valence electrons. The van der Waals surface area contributed by atoms with Crippen molar-refractivity contribution in [1.82, 2.24) is 4.57 Å². The highest BCUT2D eigenvalue weighted by Gasteiger charge is 2.26. The van der Waals surface area contributed by atoms with Crippen LogP contribution in [0.25, 0.3) is 0 Å². The molecule has 0 spiro atoms. The predicted octanol–water partition coefficient (Wildman–Crippen LogP) is 1.26. The van der Waals surface area contributed by atoms with Crippen LogP contribution in [-0.4, -0.2) is 15.8 Å². The van der Waals surface area contributed by atoms with Gasteiger partial charge in [0.1, 0.15) is 0 Å². The van der Waals surface area contributed by atoms with Crippen LogP contribution >= 0.6 is 0 Å². The van der Waals surface area contributed by atoms with E-state index in [0.29, 0.717) is 5.92 Å². The van der Waals surface area contributed by atoms with Crippen LogP contribution in [0, 0.1) is 5.92 Å². The Morgan fingerprint density at radius 3 is 2.45 bits per heavy atom. The van der Waals surface area contributed by atoms with Crippen LogP contribution in [0.2, 0.25) is 0 Å². The molecule has 1 heterocycles. The first-order chi connectivity index (χ1) is 5.34. The maximum Gasteiger partial charge on any atom is 0.0546 e. The summed E-state index contributed by atoms with van der Waals surface area (Å²) in [4.78, 5) is 0. The Balaban J connectivity index is 1.84. The quantitative estimate of drug-likeness (QED) is 0.676.